The summed E-state index contributed by atoms with van der Waals surface area (Å²) < 4.78 is 6.24. The van der Waals surface area contributed by atoms with Gasteiger partial charge < -0.3 is 9.84 Å². The number of hydrogen-bond acceptors (Lipinski definition) is 4. The zero-order valence-corrected chi connectivity index (χ0v) is 9.44. The number of hydrogen-bond donors (Lipinski definition) is 1. The fraction of sp³-hybridized carbons (Fsp3) is 0.600. The van der Waals surface area contributed by atoms with Crippen molar-refractivity contribution in [1.82, 2.24) is 9.78 Å². The third kappa shape index (κ3) is 2.02. The number of carbonyl (C=O) groups excluding carboxylic acids is 1. The van der Waals surface area contributed by atoms with Crippen LogP contribution in [0.2, 0.25) is 0 Å². The lowest BCUT2D eigenvalue weighted by Crippen LogP contribution is -2.15. The Morgan fingerprint density at radius 3 is 2.60 bits per heavy atom. The first-order valence-corrected chi connectivity index (χ1v) is 4.82. The first-order chi connectivity index (χ1) is 7.02. The molecule has 0 aromatic carbocycles. The molecule has 0 saturated heterocycles. The Bertz CT molecular complexity index is 371. The maximum atomic E-state index is 11.2. The van der Waals surface area contributed by atoms with Crippen molar-refractivity contribution in [3.63, 3.8) is 0 Å². The number of rotatable bonds is 3. The van der Waals surface area contributed by atoms with Gasteiger partial charge in [0.25, 0.3) is 0 Å². The van der Waals surface area contributed by atoms with E-state index in [9.17, 15) is 9.90 Å². The number of aliphatic hydroxyl groups excluding tert-OH is 1. The summed E-state index contributed by atoms with van der Waals surface area (Å²) in [6.07, 6.45) is -1.24. The highest BCUT2D eigenvalue weighted by atomic mass is 16.5. The predicted molar refractivity (Wildman–Crippen MR) is 54.4 cm³/mol. The van der Waals surface area contributed by atoms with Crippen molar-refractivity contribution in [3.05, 3.63) is 17.0 Å². The number of esters is 1. The van der Waals surface area contributed by atoms with Gasteiger partial charge in [0, 0.05) is 17.8 Å². The van der Waals surface area contributed by atoms with Gasteiger partial charge in [-0.1, -0.05) is 0 Å². The van der Waals surface area contributed by atoms with Crippen LogP contribution in [0.5, 0.6) is 0 Å². The highest BCUT2D eigenvalue weighted by Gasteiger charge is 2.25. The lowest BCUT2D eigenvalue weighted by molar-refractivity contribution is -0.150. The van der Waals surface area contributed by atoms with Crippen molar-refractivity contribution in [3.8, 4) is 0 Å². The Morgan fingerprint density at radius 1 is 1.60 bits per heavy atom. The first-order valence-electron chi connectivity index (χ1n) is 4.82. The molecule has 0 aliphatic rings. The van der Waals surface area contributed by atoms with Gasteiger partial charge in [0.1, 0.15) is 0 Å². The molecule has 5 heteroatoms. The van der Waals surface area contributed by atoms with Gasteiger partial charge in [-0.05, 0) is 20.8 Å². The van der Waals surface area contributed by atoms with Crippen LogP contribution in [0.3, 0.4) is 0 Å². The van der Waals surface area contributed by atoms with Crippen molar-refractivity contribution < 1.29 is 14.6 Å². The number of ether oxygens (including phenoxy) is 1. The molecule has 0 amide bonds. The summed E-state index contributed by atoms with van der Waals surface area (Å²) in [5, 5.41) is 13.9. The molecule has 0 fully saturated rings. The number of aliphatic hydroxyl groups is 1. The van der Waals surface area contributed by atoms with Gasteiger partial charge in [-0.15, -0.1) is 0 Å². The van der Waals surface area contributed by atoms with Crippen LogP contribution in [0.1, 0.15) is 30.0 Å². The molecule has 1 aromatic rings. The van der Waals surface area contributed by atoms with E-state index in [1.807, 2.05) is 13.8 Å². The van der Waals surface area contributed by atoms with Crippen LogP contribution >= 0.6 is 0 Å². The topological polar surface area (TPSA) is 64.3 Å². The van der Waals surface area contributed by atoms with E-state index in [0.717, 1.165) is 5.69 Å². The summed E-state index contributed by atoms with van der Waals surface area (Å²) in [6, 6.07) is 0. The minimum absolute atomic E-state index is 0.545. The monoisotopic (exact) mass is 212 g/mol. The zero-order valence-electron chi connectivity index (χ0n) is 9.44. The fourth-order valence-corrected chi connectivity index (χ4v) is 1.64. The number of carbonyl (C=O) groups is 1. The summed E-state index contributed by atoms with van der Waals surface area (Å²) in [6.45, 7) is 6.25. The average Bonchev–Trinajstić information content (AvgIpc) is 2.51. The van der Waals surface area contributed by atoms with E-state index in [1.54, 1.807) is 11.6 Å². The maximum Gasteiger partial charge on any atom is 0.339 e. The van der Waals surface area contributed by atoms with Crippen molar-refractivity contribution in [2.45, 2.75) is 33.4 Å². The lowest BCUT2D eigenvalue weighted by Gasteiger charge is -2.08. The van der Waals surface area contributed by atoms with Crippen molar-refractivity contribution >= 4 is 5.97 Å². The van der Waals surface area contributed by atoms with E-state index in [4.69, 9.17) is 0 Å². The molecule has 84 valence electrons. The van der Waals surface area contributed by atoms with Gasteiger partial charge in [0.05, 0.1) is 12.8 Å². The van der Waals surface area contributed by atoms with Gasteiger partial charge in [0.2, 0.25) is 0 Å². The van der Waals surface area contributed by atoms with E-state index in [-0.39, 0.29) is 0 Å². The summed E-state index contributed by atoms with van der Waals surface area (Å²) in [7, 11) is 1.25. The Labute approximate surface area is 88.7 Å². The molecular weight excluding hydrogens is 196 g/mol. The molecule has 1 heterocycles. The van der Waals surface area contributed by atoms with Crippen molar-refractivity contribution in [2.75, 3.05) is 7.11 Å². The maximum absolute atomic E-state index is 11.2. The number of aromatic nitrogens is 2. The van der Waals surface area contributed by atoms with Gasteiger partial charge in [-0.2, -0.15) is 5.10 Å². The first kappa shape index (κ1) is 11.7. The third-order valence-electron chi connectivity index (χ3n) is 2.43. The molecule has 0 bridgehead atoms. The van der Waals surface area contributed by atoms with E-state index in [0.29, 0.717) is 17.8 Å². The van der Waals surface area contributed by atoms with E-state index >= 15 is 0 Å². The molecule has 0 aliphatic heterocycles. The van der Waals surface area contributed by atoms with E-state index < -0.39 is 12.1 Å². The molecule has 1 unspecified atom stereocenters. The average molecular weight is 212 g/mol. The van der Waals surface area contributed by atoms with Gasteiger partial charge >= 0.3 is 5.97 Å². The second-order valence-electron chi connectivity index (χ2n) is 3.33. The Morgan fingerprint density at radius 2 is 2.20 bits per heavy atom. The van der Waals surface area contributed by atoms with Crippen LogP contribution in [-0.4, -0.2) is 28.0 Å². The standard InChI is InChI=1S/C10H16N2O3/c1-5-12-7(3)8(6(2)11-12)9(13)10(14)15-4/h9,13H,5H2,1-4H3. The highest BCUT2D eigenvalue weighted by molar-refractivity contribution is 5.76. The Hall–Kier alpha value is -1.36. The molecule has 15 heavy (non-hydrogen) atoms. The molecule has 5 nitrogen and oxygen atoms in total. The quantitative estimate of drug-likeness (QED) is 0.750. The van der Waals surface area contributed by atoms with Crippen molar-refractivity contribution in [1.29, 1.82) is 0 Å². The molecule has 1 N–H and O–H groups in total. The van der Waals surface area contributed by atoms with E-state index in [1.165, 1.54) is 7.11 Å². The minimum atomic E-state index is -1.24. The molecule has 0 spiro atoms. The molecular formula is C10H16N2O3. The molecule has 0 aliphatic carbocycles. The molecule has 0 saturated carbocycles. The molecule has 1 aromatic heterocycles. The summed E-state index contributed by atoms with van der Waals surface area (Å²) in [4.78, 5) is 11.2. The summed E-state index contributed by atoms with van der Waals surface area (Å²) >= 11 is 0. The number of methoxy groups -OCH3 is 1. The second-order valence-corrected chi connectivity index (χ2v) is 3.33. The van der Waals surface area contributed by atoms with Crippen LogP contribution in [0.25, 0.3) is 0 Å². The van der Waals surface area contributed by atoms with Gasteiger partial charge in [-0.25, -0.2) is 4.79 Å². The normalized spacial score (nSPS) is 12.6. The molecule has 1 atom stereocenters. The molecule has 0 radical (unpaired) electrons. The second kappa shape index (κ2) is 4.44. The van der Waals surface area contributed by atoms with Crippen LogP contribution in [-0.2, 0) is 16.1 Å². The highest BCUT2D eigenvalue weighted by Crippen LogP contribution is 2.22. The van der Waals surface area contributed by atoms with E-state index in [2.05, 4.69) is 9.84 Å². The van der Waals surface area contributed by atoms with Crippen LogP contribution in [0, 0.1) is 13.8 Å². The SMILES string of the molecule is CCn1nc(C)c(C(O)C(=O)OC)c1C. The molecule has 1 rings (SSSR count). The van der Waals surface area contributed by atoms with Crippen LogP contribution in [0.15, 0.2) is 0 Å². The number of aryl methyl sites for hydroxylation is 2. The fourth-order valence-electron chi connectivity index (χ4n) is 1.64. The van der Waals surface area contributed by atoms with Crippen molar-refractivity contribution in [2.24, 2.45) is 0 Å². The Balaban J connectivity index is 3.13. The smallest absolute Gasteiger partial charge is 0.339 e. The van der Waals surface area contributed by atoms with Crippen LogP contribution in [0.4, 0.5) is 0 Å². The Kier molecular flexibility index (Phi) is 3.47. The minimum Gasteiger partial charge on any atom is -0.467 e. The lowest BCUT2D eigenvalue weighted by atomic mass is 10.1. The summed E-state index contributed by atoms with van der Waals surface area (Å²) in [5.41, 5.74) is 2.00. The largest absolute Gasteiger partial charge is 0.467 e. The number of nitrogens with zero attached hydrogens (tertiary/aromatic N) is 2. The zero-order chi connectivity index (χ0) is 11.6. The van der Waals surface area contributed by atoms with Gasteiger partial charge in [0.15, 0.2) is 6.10 Å². The van der Waals surface area contributed by atoms with Gasteiger partial charge in [-0.3, -0.25) is 4.68 Å². The van der Waals surface area contributed by atoms with Crippen LogP contribution < -0.4 is 0 Å². The summed E-state index contributed by atoms with van der Waals surface area (Å²) in [5.74, 6) is -0.656. The predicted octanol–water partition coefficient (Wildman–Crippen LogP) is 0.726. The third-order valence-corrected chi connectivity index (χ3v) is 2.43.